The smallest absolute Gasteiger partial charge is 0.235 e. The molecule has 9 heavy (non-hydrogen) atoms. The van der Waals surface area contributed by atoms with Crippen LogP contribution in [0.15, 0.2) is 13.6 Å². The van der Waals surface area contributed by atoms with Gasteiger partial charge in [-0.15, -0.1) is 11.3 Å². The summed E-state index contributed by atoms with van der Waals surface area (Å²) >= 11 is 7.90. The minimum atomic E-state index is 0.576. The third-order valence-electron chi connectivity index (χ3n) is 0.767. The van der Waals surface area contributed by atoms with E-state index in [4.69, 9.17) is 0 Å². The summed E-state index contributed by atoms with van der Waals surface area (Å²) < 4.78 is 1.76. The van der Waals surface area contributed by atoms with Crippen LogP contribution >= 0.6 is 43.2 Å². The van der Waals surface area contributed by atoms with Crippen LogP contribution in [0.3, 0.4) is 0 Å². The molecule has 1 rings (SSSR count). The zero-order valence-corrected chi connectivity index (χ0v) is 8.14. The summed E-state index contributed by atoms with van der Waals surface area (Å²) in [6.45, 7) is 0. The summed E-state index contributed by atoms with van der Waals surface area (Å²) in [5.74, 6) is 0. The number of carbonyl (C=O) groups excluding carboxylic acids is 1. The van der Waals surface area contributed by atoms with E-state index in [2.05, 4.69) is 31.9 Å². The second-order valence-electron chi connectivity index (χ2n) is 1.34. The van der Waals surface area contributed by atoms with E-state index < -0.39 is 0 Å². The maximum absolute atomic E-state index is 10.1. The Bertz CT molecular complexity index is 231. The van der Waals surface area contributed by atoms with Crippen LogP contribution in [-0.4, -0.2) is 6.29 Å². The molecule has 1 radical (unpaired) electrons. The summed E-state index contributed by atoms with van der Waals surface area (Å²) in [4.78, 5) is 10.1. The summed E-state index contributed by atoms with van der Waals surface area (Å²) in [7, 11) is 0. The first kappa shape index (κ1) is 7.44. The fourth-order valence-corrected chi connectivity index (χ4v) is 3.05. The zero-order valence-electron chi connectivity index (χ0n) is 4.15. The molecular formula is C5HBr2OS. The lowest BCUT2D eigenvalue weighted by Crippen LogP contribution is -1.70. The van der Waals surface area contributed by atoms with Gasteiger partial charge >= 0.3 is 0 Å². The molecule has 0 N–H and O–H groups in total. The van der Waals surface area contributed by atoms with Gasteiger partial charge in [-0.25, -0.2) is 0 Å². The molecule has 1 aromatic rings. The Labute approximate surface area is 73.3 Å². The highest BCUT2D eigenvalue weighted by Gasteiger charge is 2.02. The van der Waals surface area contributed by atoms with Crippen molar-refractivity contribution < 1.29 is 4.79 Å². The standard InChI is InChI=1S/C5HBr2OS/c6-4-1-3(2-8)5(7)9-4/h1H. The van der Waals surface area contributed by atoms with Crippen molar-refractivity contribution >= 4 is 49.5 Å². The van der Waals surface area contributed by atoms with Crippen molar-refractivity contribution in [2.45, 2.75) is 0 Å². The minimum absolute atomic E-state index is 0.576. The van der Waals surface area contributed by atoms with Crippen LogP contribution in [0.4, 0.5) is 0 Å². The van der Waals surface area contributed by atoms with Gasteiger partial charge in [0, 0.05) is 0 Å². The van der Waals surface area contributed by atoms with Gasteiger partial charge in [0.25, 0.3) is 0 Å². The number of hydrogen-bond acceptors (Lipinski definition) is 2. The van der Waals surface area contributed by atoms with Gasteiger partial charge < -0.3 is 0 Å². The van der Waals surface area contributed by atoms with Crippen LogP contribution in [0.2, 0.25) is 0 Å². The van der Waals surface area contributed by atoms with Crippen molar-refractivity contribution in [3.8, 4) is 0 Å². The molecule has 47 valence electrons. The second-order valence-corrected chi connectivity index (χ2v) is 5.09. The highest BCUT2D eigenvalue weighted by molar-refractivity contribution is 9.12. The van der Waals surface area contributed by atoms with Gasteiger partial charge in [0.2, 0.25) is 6.29 Å². The van der Waals surface area contributed by atoms with Crippen molar-refractivity contribution in [3.05, 3.63) is 19.2 Å². The molecule has 0 atom stereocenters. The van der Waals surface area contributed by atoms with Gasteiger partial charge in [0.05, 0.1) is 13.1 Å². The van der Waals surface area contributed by atoms with Crippen molar-refractivity contribution in [1.82, 2.24) is 0 Å². The first-order valence-corrected chi connectivity index (χ1v) is 4.47. The predicted octanol–water partition coefficient (Wildman–Crippen LogP) is 2.73. The van der Waals surface area contributed by atoms with Gasteiger partial charge in [-0.2, -0.15) is 0 Å². The number of halogens is 2. The molecule has 1 heterocycles. The van der Waals surface area contributed by atoms with E-state index in [1.54, 1.807) is 12.4 Å². The highest BCUT2D eigenvalue weighted by atomic mass is 79.9. The number of thiophene rings is 1. The monoisotopic (exact) mass is 267 g/mol. The third-order valence-corrected chi connectivity index (χ3v) is 3.11. The molecule has 0 aliphatic carbocycles. The Morgan fingerprint density at radius 1 is 1.56 bits per heavy atom. The SMILES string of the molecule is O=[C]c1cc(Br)sc1Br. The Balaban J connectivity index is 3.15. The van der Waals surface area contributed by atoms with Crippen LogP contribution in [0.25, 0.3) is 0 Å². The van der Waals surface area contributed by atoms with Crippen LogP contribution in [0.5, 0.6) is 0 Å². The van der Waals surface area contributed by atoms with Crippen LogP contribution in [-0.2, 0) is 4.79 Å². The lowest BCUT2D eigenvalue weighted by Gasteiger charge is -1.75. The van der Waals surface area contributed by atoms with Crippen LogP contribution in [0.1, 0.15) is 5.56 Å². The van der Waals surface area contributed by atoms with Gasteiger partial charge in [-0.3, -0.25) is 4.79 Å². The molecule has 0 spiro atoms. The molecule has 4 heteroatoms. The maximum atomic E-state index is 10.1. The summed E-state index contributed by atoms with van der Waals surface area (Å²) in [6, 6.07) is 1.72. The van der Waals surface area contributed by atoms with Crippen LogP contribution < -0.4 is 0 Å². The largest absolute Gasteiger partial charge is 0.285 e. The van der Waals surface area contributed by atoms with E-state index >= 15 is 0 Å². The van der Waals surface area contributed by atoms with E-state index in [0.29, 0.717) is 5.56 Å². The fraction of sp³-hybridized carbons (Fsp3) is 0. The predicted molar refractivity (Wildman–Crippen MR) is 44.5 cm³/mol. The van der Waals surface area contributed by atoms with E-state index in [-0.39, 0.29) is 0 Å². The fourth-order valence-electron chi connectivity index (χ4n) is 0.410. The van der Waals surface area contributed by atoms with Gasteiger partial charge in [0.15, 0.2) is 0 Å². The summed E-state index contributed by atoms with van der Waals surface area (Å²) in [5, 5.41) is 0. The lowest BCUT2D eigenvalue weighted by atomic mass is 10.4. The van der Waals surface area contributed by atoms with E-state index in [1.807, 2.05) is 0 Å². The van der Waals surface area contributed by atoms with Crippen molar-refractivity contribution in [3.63, 3.8) is 0 Å². The number of hydrogen-bond donors (Lipinski definition) is 0. The molecule has 0 fully saturated rings. The summed E-state index contributed by atoms with van der Waals surface area (Å²) in [5.41, 5.74) is 0.576. The molecule has 0 amide bonds. The molecule has 0 bridgehead atoms. The molecule has 1 nitrogen and oxygen atoms in total. The van der Waals surface area contributed by atoms with Crippen LogP contribution in [0, 0.1) is 0 Å². The van der Waals surface area contributed by atoms with Gasteiger partial charge in [-0.05, 0) is 37.9 Å². The molecule has 0 aliphatic heterocycles. The molecular weight excluding hydrogens is 268 g/mol. The first-order valence-electron chi connectivity index (χ1n) is 2.07. The Hall–Kier alpha value is 0.330. The minimum Gasteiger partial charge on any atom is -0.285 e. The maximum Gasteiger partial charge on any atom is 0.235 e. The lowest BCUT2D eigenvalue weighted by molar-refractivity contribution is 0.562. The quantitative estimate of drug-likeness (QED) is 0.766. The van der Waals surface area contributed by atoms with Crippen molar-refractivity contribution in [1.29, 1.82) is 0 Å². The first-order chi connectivity index (χ1) is 4.24. The Morgan fingerprint density at radius 2 is 2.22 bits per heavy atom. The average Bonchev–Trinajstić information content (AvgIpc) is 2.10. The Morgan fingerprint density at radius 3 is 2.44 bits per heavy atom. The molecule has 1 aromatic heterocycles. The molecule has 0 saturated carbocycles. The van der Waals surface area contributed by atoms with E-state index in [9.17, 15) is 4.79 Å². The number of rotatable bonds is 1. The molecule has 0 unspecified atom stereocenters. The molecule has 0 saturated heterocycles. The molecule has 0 aromatic carbocycles. The average molecular weight is 269 g/mol. The van der Waals surface area contributed by atoms with Crippen molar-refractivity contribution in [2.75, 3.05) is 0 Å². The third kappa shape index (κ3) is 1.63. The normalized spacial score (nSPS) is 9.56. The molecule has 0 aliphatic rings. The van der Waals surface area contributed by atoms with Gasteiger partial charge in [-0.1, -0.05) is 0 Å². The van der Waals surface area contributed by atoms with Crippen molar-refractivity contribution in [2.24, 2.45) is 0 Å². The Kier molecular flexibility index (Phi) is 2.43. The zero-order chi connectivity index (χ0) is 6.85. The van der Waals surface area contributed by atoms with Gasteiger partial charge in [0.1, 0.15) is 0 Å². The highest BCUT2D eigenvalue weighted by Crippen LogP contribution is 2.30. The van der Waals surface area contributed by atoms with E-state index in [1.165, 1.54) is 11.3 Å². The second kappa shape index (κ2) is 2.94. The topological polar surface area (TPSA) is 17.1 Å². The summed E-state index contributed by atoms with van der Waals surface area (Å²) in [6.07, 6.45) is 1.80. The van der Waals surface area contributed by atoms with E-state index in [0.717, 1.165) is 7.57 Å².